The zero-order valence-electron chi connectivity index (χ0n) is 14.0. The topological polar surface area (TPSA) is 0 Å². The van der Waals surface area contributed by atoms with E-state index in [-0.39, 0.29) is 17.5 Å². The first-order valence-corrected chi connectivity index (χ1v) is 8.25. The molecule has 0 spiro atoms. The molecular weight excluding hydrogens is 316 g/mol. The normalized spacial score (nSPS) is 23.1. The molecule has 1 aliphatic carbocycles. The van der Waals surface area contributed by atoms with Crippen LogP contribution in [0.1, 0.15) is 45.1 Å². The Morgan fingerprint density at radius 1 is 1.00 bits per heavy atom. The van der Waals surface area contributed by atoms with Gasteiger partial charge in [0.15, 0.2) is 17.5 Å². The lowest BCUT2D eigenvalue weighted by molar-refractivity contribution is 0.323. The van der Waals surface area contributed by atoms with E-state index in [0.717, 1.165) is 49.3 Å². The van der Waals surface area contributed by atoms with Crippen molar-refractivity contribution in [3.63, 3.8) is 0 Å². The summed E-state index contributed by atoms with van der Waals surface area (Å²) in [5.74, 6) is -3.05. The van der Waals surface area contributed by atoms with E-state index < -0.39 is 17.5 Å². The van der Waals surface area contributed by atoms with Gasteiger partial charge in [-0.2, -0.15) is 0 Å². The molecule has 0 atom stereocenters. The van der Waals surface area contributed by atoms with Crippen LogP contribution in [0.15, 0.2) is 42.3 Å². The second-order valence-electron chi connectivity index (χ2n) is 6.40. The van der Waals surface area contributed by atoms with Gasteiger partial charge in [-0.05, 0) is 54.9 Å². The second kappa shape index (κ2) is 8.32. The maximum Gasteiger partial charge on any atom is 0.194 e. The maximum atomic E-state index is 13.3. The largest absolute Gasteiger partial charge is 0.215 e. The first-order chi connectivity index (χ1) is 11.5. The van der Waals surface area contributed by atoms with Crippen molar-refractivity contribution in [3.05, 3.63) is 65.3 Å². The van der Waals surface area contributed by atoms with Gasteiger partial charge in [-0.15, -0.1) is 0 Å². The lowest BCUT2D eigenvalue weighted by Crippen LogP contribution is -2.13. The van der Waals surface area contributed by atoms with Crippen molar-refractivity contribution in [2.75, 3.05) is 0 Å². The first kappa shape index (κ1) is 18.5. The van der Waals surface area contributed by atoms with Crippen LogP contribution >= 0.6 is 0 Å². The first-order valence-electron chi connectivity index (χ1n) is 8.25. The van der Waals surface area contributed by atoms with Gasteiger partial charge in [-0.25, -0.2) is 17.6 Å². The van der Waals surface area contributed by atoms with Crippen molar-refractivity contribution < 1.29 is 17.6 Å². The summed E-state index contributed by atoms with van der Waals surface area (Å²) < 4.78 is 52.9. The predicted molar refractivity (Wildman–Crippen MR) is 89.4 cm³/mol. The van der Waals surface area contributed by atoms with Crippen molar-refractivity contribution in [3.8, 4) is 0 Å². The van der Waals surface area contributed by atoms with E-state index in [9.17, 15) is 17.6 Å². The molecule has 0 bridgehead atoms. The third kappa shape index (κ3) is 4.37. The highest BCUT2D eigenvalue weighted by Crippen LogP contribution is 2.34. The summed E-state index contributed by atoms with van der Waals surface area (Å²) in [6.45, 7) is 4.16. The zero-order valence-corrected chi connectivity index (χ0v) is 14.0. The molecule has 2 rings (SSSR count). The molecular formula is C20H22F4. The van der Waals surface area contributed by atoms with Crippen LogP contribution in [0, 0.1) is 29.3 Å². The third-order valence-electron chi connectivity index (χ3n) is 4.71. The highest BCUT2D eigenvalue weighted by molar-refractivity contribution is 5.73. The van der Waals surface area contributed by atoms with E-state index >= 15 is 0 Å². The van der Waals surface area contributed by atoms with Crippen LogP contribution in [-0.2, 0) is 0 Å². The van der Waals surface area contributed by atoms with Crippen molar-refractivity contribution in [1.82, 2.24) is 0 Å². The van der Waals surface area contributed by atoms with Crippen molar-refractivity contribution in [2.45, 2.75) is 39.5 Å². The van der Waals surface area contributed by atoms with E-state index in [4.69, 9.17) is 0 Å². The molecule has 0 saturated heterocycles. The highest BCUT2D eigenvalue weighted by Gasteiger charge is 2.20. The molecule has 0 amide bonds. The van der Waals surface area contributed by atoms with Crippen LogP contribution in [0.5, 0.6) is 0 Å². The fourth-order valence-corrected chi connectivity index (χ4v) is 3.17. The Hall–Kier alpha value is -1.84. The fraction of sp³-hybridized carbons (Fsp3) is 0.400. The van der Waals surface area contributed by atoms with Crippen LogP contribution in [0.3, 0.4) is 0 Å². The van der Waals surface area contributed by atoms with Crippen LogP contribution < -0.4 is 0 Å². The Bertz CT molecular complexity index is 639. The monoisotopic (exact) mass is 338 g/mol. The average molecular weight is 338 g/mol. The minimum Gasteiger partial charge on any atom is -0.215 e. The number of allylic oxidation sites excluding steroid dienone is 5. The lowest BCUT2D eigenvalue weighted by Gasteiger charge is -2.27. The minimum absolute atomic E-state index is 0.0105. The van der Waals surface area contributed by atoms with Crippen LogP contribution in [0.25, 0.3) is 5.57 Å². The van der Waals surface area contributed by atoms with Gasteiger partial charge in [0.05, 0.1) is 6.33 Å². The van der Waals surface area contributed by atoms with Crippen LogP contribution in [0.2, 0.25) is 0 Å². The SMILES string of the molecule is C\C=C(/C=C\C(=C\F)c1cc(F)c(F)c(F)c1)C1CCC(C)CC1. The number of rotatable bonds is 4. The van der Waals surface area contributed by atoms with E-state index in [1.807, 2.05) is 13.0 Å². The molecule has 0 aromatic heterocycles. The average Bonchev–Trinajstić information content (AvgIpc) is 2.57. The molecule has 0 unspecified atom stereocenters. The van der Waals surface area contributed by atoms with Gasteiger partial charge in [0.2, 0.25) is 0 Å². The minimum atomic E-state index is -1.55. The highest BCUT2D eigenvalue weighted by atomic mass is 19.2. The molecule has 0 nitrogen and oxygen atoms in total. The van der Waals surface area contributed by atoms with E-state index in [0.29, 0.717) is 5.92 Å². The van der Waals surface area contributed by atoms with Gasteiger partial charge in [0.25, 0.3) is 0 Å². The molecule has 1 aromatic rings. The van der Waals surface area contributed by atoms with Crippen molar-refractivity contribution >= 4 is 5.57 Å². The van der Waals surface area contributed by atoms with Crippen LogP contribution in [0.4, 0.5) is 17.6 Å². The summed E-state index contributed by atoms with van der Waals surface area (Å²) in [6, 6.07) is 1.59. The van der Waals surface area contributed by atoms with Gasteiger partial charge in [-0.3, -0.25) is 0 Å². The summed E-state index contributed by atoms with van der Waals surface area (Å²) in [5, 5.41) is 0. The standard InChI is InChI=1S/C20H22F4/c1-3-14(15-6-4-13(2)5-7-15)8-9-16(12-21)17-10-18(22)20(24)19(23)11-17/h3,8-13,15H,4-7H2,1-2H3/b9-8-,14-3+,16-12-. The van der Waals surface area contributed by atoms with Gasteiger partial charge in [-0.1, -0.05) is 38.0 Å². The predicted octanol–water partition coefficient (Wildman–Crippen LogP) is 6.74. The summed E-state index contributed by atoms with van der Waals surface area (Å²) in [4.78, 5) is 0. The molecule has 4 heteroatoms. The lowest BCUT2D eigenvalue weighted by atomic mass is 9.79. The Kier molecular flexibility index (Phi) is 6.41. The summed E-state index contributed by atoms with van der Waals surface area (Å²) in [5.41, 5.74) is 1.07. The Balaban J connectivity index is 2.19. The van der Waals surface area contributed by atoms with Gasteiger partial charge >= 0.3 is 0 Å². The Morgan fingerprint density at radius 3 is 2.08 bits per heavy atom. The number of benzene rings is 1. The van der Waals surface area contributed by atoms with Crippen molar-refractivity contribution in [2.24, 2.45) is 11.8 Å². The van der Waals surface area contributed by atoms with Crippen LogP contribution in [-0.4, -0.2) is 0 Å². The number of hydrogen-bond acceptors (Lipinski definition) is 0. The molecule has 1 fully saturated rings. The smallest absolute Gasteiger partial charge is 0.194 e. The molecule has 1 aromatic carbocycles. The molecule has 0 N–H and O–H groups in total. The molecule has 1 saturated carbocycles. The second-order valence-corrected chi connectivity index (χ2v) is 6.40. The third-order valence-corrected chi connectivity index (χ3v) is 4.71. The van der Waals surface area contributed by atoms with Gasteiger partial charge in [0.1, 0.15) is 0 Å². The van der Waals surface area contributed by atoms with Gasteiger partial charge in [0, 0.05) is 5.57 Å². The molecule has 0 heterocycles. The summed E-state index contributed by atoms with van der Waals surface area (Å²) in [6.07, 6.45) is 10.0. The molecule has 130 valence electrons. The van der Waals surface area contributed by atoms with E-state index in [1.54, 1.807) is 6.08 Å². The Morgan fingerprint density at radius 2 is 1.58 bits per heavy atom. The van der Waals surface area contributed by atoms with Crippen molar-refractivity contribution in [1.29, 1.82) is 0 Å². The molecule has 0 radical (unpaired) electrons. The molecule has 0 aliphatic heterocycles. The quantitative estimate of drug-likeness (QED) is 0.324. The zero-order chi connectivity index (χ0) is 17.7. The van der Waals surface area contributed by atoms with Gasteiger partial charge < -0.3 is 0 Å². The Labute approximate surface area is 140 Å². The fourth-order valence-electron chi connectivity index (χ4n) is 3.17. The number of halogens is 4. The van der Waals surface area contributed by atoms with E-state index in [2.05, 4.69) is 6.92 Å². The maximum absolute atomic E-state index is 13.3. The molecule has 1 aliphatic rings. The van der Waals surface area contributed by atoms with E-state index in [1.165, 1.54) is 6.08 Å². The number of hydrogen-bond donors (Lipinski definition) is 0. The molecule has 24 heavy (non-hydrogen) atoms. The summed E-state index contributed by atoms with van der Waals surface area (Å²) in [7, 11) is 0. The summed E-state index contributed by atoms with van der Waals surface area (Å²) >= 11 is 0.